The van der Waals surface area contributed by atoms with Gasteiger partial charge in [0.2, 0.25) is 0 Å². The van der Waals surface area contributed by atoms with Crippen molar-refractivity contribution < 1.29 is 4.39 Å². The van der Waals surface area contributed by atoms with E-state index in [1.54, 1.807) is 23.9 Å². The van der Waals surface area contributed by atoms with E-state index in [2.05, 4.69) is 6.26 Å². The Hall–Kier alpha value is -0.740. The molecule has 0 atom stereocenters. The van der Waals surface area contributed by atoms with Crippen LogP contribution in [0.25, 0.3) is 0 Å². The van der Waals surface area contributed by atoms with Crippen LogP contribution in [-0.4, -0.2) is 25.6 Å². The number of hydrogen-bond acceptors (Lipinski definition) is 3. The van der Waals surface area contributed by atoms with E-state index in [1.807, 2.05) is 18.0 Å². The van der Waals surface area contributed by atoms with Crippen molar-refractivity contribution in [2.45, 2.75) is 6.54 Å². The molecule has 15 heavy (non-hydrogen) atoms. The molecular formula is C11H17FN2S. The lowest BCUT2D eigenvalue weighted by Crippen LogP contribution is -2.20. The largest absolute Gasteiger partial charge is 0.374 e. The topological polar surface area (TPSA) is 29.3 Å². The van der Waals surface area contributed by atoms with Crippen LogP contribution in [0.5, 0.6) is 0 Å². The monoisotopic (exact) mass is 228 g/mol. The van der Waals surface area contributed by atoms with Crippen molar-refractivity contribution in [3.05, 3.63) is 29.6 Å². The zero-order chi connectivity index (χ0) is 11.3. The SMILES string of the molecule is CSCCN(C)c1ccc(CN)c(F)c1. The highest BCUT2D eigenvalue weighted by Crippen LogP contribution is 2.17. The maximum atomic E-state index is 13.4. The molecule has 4 heteroatoms. The number of nitrogens with two attached hydrogens (primary N) is 1. The molecule has 2 nitrogen and oxygen atoms in total. The fourth-order valence-electron chi connectivity index (χ4n) is 1.30. The molecule has 1 aromatic rings. The molecule has 0 spiro atoms. The Balaban J connectivity index is 2.73. The molecule has 0 saturated carbocycles. The highest BCUT2D eigenvalue weighted by atomic mass is 32.2. The summed E-state index contributed by atoms with van der Waals surface area (Å²) in [5.74, 6) is 0.822. The van der Waals surface area contributed by atoms with Gasteiger partial charge in [-0.1, -0.05) is 6.07 Å². The molecule has 0 radical (unpaired) electrons. The molecule has 0 aliphatic carbocycles. The molecule has 84 valence electrons. The van der Waals surface area contributed by atoms with E-state index in [-0.39, 0.29) is 12.4 Å². The Morgan fingerprint density at radius 1 is 1.47 bits per heavy atom. The third-order valence-electron chi connectivity index (χ3n) is 2.33. The Morgan fingerprint density at radius 3 is 2.73 bits per heavy atom. The van der Waals surface area contributed by atoms with Crippen LogP contribution < -0.4 is 10.6 Å². The van der Waals surface area contributed by atoms with Gasteiger partial charge in [-0.05, 0) is 18.4 Å². The van der Waals surface area contributed by atoms with Gasteiger partial charge >= 0.3 is 0 Å². The first-order valence-corrected chi connectivity index (χ1v) is 6.27. The quantitative estimate of drug-likeness (QED) is 0.836. The standard InChI is InChI=1S/C11H17FN2S/c1-14(5-6-15-2)10-4-3-9(8-13)11(12)7-10/h3-4,7H,5-6,8,13H2,1-2H3. The number of nitrogens with zero attached hydrogens (tertiary/aromatic N) is 1. The number of anilines is 1. The van der Waals surface area contributed by atoms with Crippen LogP contribution in [0.2, 0.25) is 0 Å². The number of rotatable bonds is 5. The van der Waals surface area contributed by atoms with Crippen LogP contribution in [0.1, 0.15) is 5.56 Å². The second-order valence-corrected chi connectivity index (χ2v) is 4.38. The second-order valence-electron chi connectivity index (χ2n) is 3.39. The number of benzene rings is 1. The van der Waals surface area contributed by atoms with Gasteiger partial charge in [0.25, 0.3) is 0 Å². The zero-order valence-corrected chi connectivity index (χ0v) is 9.98. The molecule has 0 aromatic heterocycles. The Labute approximate surface area is 94.6 Å². The first-order chi connectivity index (χ1) is 7.19. The van der Waals surface area contributed by atoms with Crippen molar-refractivity contribution in [1.29, 1.82) is 0 Å². The number of thioether (sulfide) groups is 1. The van der Waals surface area contributed by atoms with Crippen LogP contribution in [0.4, 0.5) is 10.1 Å². The highest BCUT2D eigenvalue weighted by Gasteiger charge is 2.05. The van der Waals surface area contributed by atoms with Crippen molar-refractivity contribution in [3.63, 3.8) is 0 Å². The minimum Gasteiger partial charge on any atom is -0.374 e. The molecule has 0 heterocycles. The minimum absolute atomic E-state index is 0.217. The van der Waals surface area contributed by atoms with E-state index >= 15 is 0 Å². The molecule has 0 bridgehead atoms. The van der Waals surface area contributed by atoms with E-state index in [4.69, 9.17) is 5.73 Å². The fourth-order valence-corrected chi connectivity index (χ4v) is 1.75. The Morgan fingerprint density at radius 2 is 2.20 bits per heavy atom. The van der Waals surface area contributed by atoms with Gasteiger partial charge in [0.05, 0.1) is 0 Å². The van der Waals surface area contributed by atoms with Crippen LogP contribution in [0.15, 0.2) is 18.2 Å². The Kier molecular flexibility index (Phi) is 4.91. The molecule has 0 aliphatic heterocycles. The molecular weight excluding hydrogens is 211 g/mol. The lowest BCUT2D eigenvalue weighted by atomic mass is 10.2. The van der Waals surface area contributed by atoms with Gasteiger partial charge in [-0.2, -0.15) is 11.8 Å². The molecule has 1 aromatic carbocycles. The minimum atomic E-state index is -0.217. The van der Waals surface area contributed by atoms with Gasteiger partial charge in [-0.3, -0.25) is 0 Å². The predicted molar refractivity (Wildman–Crippen MR) is 65.9 cm³/mol. The third-order valence-corrected chi connectivity index (χ3v) is 2.92. The zero-order valence-electron chi connectivity index (χ0n) is 9.16. The van der Waals surface area contributed by atoms with Crippen molar-refractivity contribution in [1.82, 2.24) is 0 Å². The van der Waals surface area contributed by atoms with Gasteiger partial charge in [-0.15, -0.1) is 0 Å². The second kappa shape index (κ2) is 5.98. The molecule has 0 fully saturated rings. The van der Waals surface area contributed by atoms with Crippen LogP contribution in [0, 0.1) is 5.82 Å². The summed E-state index contributed by atoms with van der Waals surface area (Å²) in [5.41, 5.74) is 6.87. The highest BCUT2D eigenvalue weighted by molar-refractivity contribution is 7.98. The maximum absolute atomic E-state index is 13.4. The molecule has 0 saturated heterocycles. The first kappa shape index (κ1) is 12.3. The van der Waals surface area contributed by atoms with Crippen LogP contribution in [0.3, 0.4) is 0 Å². The van der Waals surface area contributed by atoms with Crippen molar-refractivity contribution >= 4 is 17.4 Å². The predicted octanol–water partition coefficient (Wildman–Crippen LogP) is 2.08. The number of halogens is 1. The lowest BCUT2D eigenvalue weighted by Gasteiger charge is -2.19. The Bertz CT molecular complexity index is 317. The van der Waals surface area contributed by atoms with Crippen molar-refractivity contribution in [2.24, 2.45) is 5.73 Å². The molecule has 2 N–H and O–H groups in total. The van der Waals surface area contributed by atoms with Gasteiger partial charge in [-0.25, -0.2) is 4.39 Å². The fraction of sp³-hybridized carbons (Fsp3) is 0.455. The summed E-state index contributed by atoms with van der Waals surface area (Å²) in [7, 11) is 1.97. The van der Waals surface area contributed by atoms with Gasteiger partial charge in [0.1, 0.15) is 5.82 Å². The van der Waals surface area contributed by atoms with E-state index < -0.39 is 0 Å². The molecule has 0 amide bonds. The molecule has 0 unspecified atom stereocenters. The summed E-state index contributed by atoms with van der Waals surface area (Å²) in [6, 6.07) is 5.20. The van der Waals surface area contributed by atoms with Crippen molar-refractivity contribution in [3.8, 4) is 0 Å². The van der Waals surface area contributed by atoms with Crippen LogP contribution >= 0.6 is 11.8 Å². The van der Waals surface area contributed by atoms with Crippen LogP contribution in [-0.2, 0) is 6.54 Å². The molecule has 0 aliphatic rings. The lowest BCUT2D eigenvalue weighted by molar-refractivity contribution is 0.610. The summed E-state index contributed by atoms with van der Waals surface area (Å²) in [6.07, 6.45) is 2.06. The first-order valence-electron chi connectivity index (χ1n) is 4.87. The normalized spacial score (nSPS) is 10.4. The molecule has 1 rings (SSSR count). The van der Waals surface area contributed by atoms with Gasteiger partial charge in [0.15, 0.2) is 0 Å². The summed E-state index contributed by atoms with van der Waals surface area (Å²) in [5, 5.41) is 0. The van der Waals surface area contributed by atoms with E-state index in [0.717, 1.165) is 18.0 Å². The summed E-state index contributed by atoms with van der Waals surface area (Å²) >= 11 is 1.78. The average Bonchev–Trinajstić information content (AvgIpc) is 2.25. The third kappa shape index (κ3) is 3.39. The van der Waals surface area contributed by atoms with Gasteiger partial charge in [0, 0.05) is 37.1 Å². The summed E-state index contributed by atoms with van der Waals surface area (Å²) in [6.45, 7) is 1.17. The number of hydrogen-bond donors (Lipinski definition) is 1. The summed E-state index contributed by atoms with van der Waals surface area (Å²) < 4.78 is 13.4. The average molecular weight is 228 g/mol. The van der Waals surface area contributed by atoms with Crippen molar-refractivity contribution in [2.75, 3.05) is 30.5 Å². The van der Waals surface area contributed by atoms with E-state index in [9.17, 15) is 4.39 Å². The van der Waals surface area contributed by atoms with Gasteiger partial charge < -0.3 is 10.6 Å². The van der Waals surface area contributed by atoms with E-state index in [1.165, 1.54) is 0 Å². The smallest absolute Gasteiger partial charge is 0.129 e. The summed E-state index contributed by atoms with van der Waals surface area (Å²) in [4.78, 5) is 2.04. The maximum Gasteiger partial charge on any atom is 0.129 e. The van der Waals surface area contributed by atoms with E-state index in [0.29, 0.717) is 5.56 Å².